The van der Waals surface area contributed by atoms with Crippen LogP contribution in [0, 0.1) is 0 Å². The number of hydrogen-bond acceptors (Lipinski definition) is 4. The number of carbonyl (C=O) groups is 1. The van der Waals surface area contributed by atoms with Gasteiger partial charge in [-0.3, -0.25) is 9.78 Å². The molecule has 0 spiro atoms. The molecule has 0 bridgehead atoms. The molecule has 1 aromatic heterocycles. The second kappa shape index (κ2) is 7.23. The van der Waals surface area contributed by atoms with Gasteiger partial charge in [-0.05, 0) is 48.2 Å². The van der Waals surface area contributed by atoms with E-state index in [0.29, 0.717) is 25.3 Å². The standard InChI is InChI=1S/C20H22N2O3/c23-20(17-5-6-19-16(11-17)7-10-25-19)22(14-18-4-2-9-24-18)13-15-3-1-8-21-12-15/h1,3,5-6,8,11-12,18H,2,4,7,9-10,13-14H2/t18-/m1/s1. The van der Waals surface area contributed by atoms with Crippen molar-refractivity contribution in [3.05, 3.63) is 59.4 Å². The molecule has 0 saturated carbocycles. The van der Waals surface area contributed by atoms with Crippen LogP contribution in [-0.2, 0) is 17.7 Å². The third-order valence-electron chi connectivity index (χ3n) is 4.77. The van der Waals surface area contributed by atoms with Gasteiger partial charge in [-0.2, -0.15) is 0 Å². The third kappa shape index (κ3) is 3.66. The molecule has 1 aromatic carbocycles. The van der Waals surface area contributed by atoms with Crippen molar-refractivity contribution in [3.8, 4) is 5.75 Å². The molecule has 25 heavy (non-hydrogen) atoms. The fourth-order valence-electron chi connectivity index (χ4n) is 3.47. The molecule has 5 heteroatoms. The number of rotatable bonds is 5. The summed E-state index contributed by atoms with van der Waals surface area (Å²) in [5.74, 6) is 0.934. The Hall–Kier alpha value is -2.40. The number of hydrogen-bond donors (Lipinski definition) is 0. The first kappa shape index (κ1) is 16.1. The number of carbonyl (C=O) groups excluding carboxylic acids is 1. The molecular formula is C20H22N2O3. The summed E-state index contributed by atoms with van der Waals surface area (Å²) in [6.07, 6.45) is 6.62. The van der Waals surface area contributed by atoms with Crippen molar-refractivity contribution in [2.45, 2.75) is 31.9 Å². The molecule has 2 aromatic rings. The highest BCUT2D eigenvalue weighted by Gasteiger charge is 2.25. The topological polar surface area (TPSA) is 51.7 Å². The van der Waals surface area contributed by atoms with Gasteiger partial charge in [-0.1, -0.05) is 6.07 Å². The van der Waals surface area contributed by atoms with Crippen molar-refractivity contribution in [2.75, 3.05) is 19.8 Å². The van der Waals surface area contributed by atoms with Crippen LogP contribution >= 0.6 is 0 Å². The second-order valence-electron chi connectivity index (χ2n) is 6.60. The summed E-state index contributed by atoms with van der Waals surface area (Å²) in [4.78, 5) is 19.2. The lowest BCUT2D eigenvalue weighted by atomic mass is 10.1. The largest absolute Gasteiger partial charge is 0.493 e. The number of ether oxygens (including phenoxy) is 2. The Kier molecular flexibility index (Phi) is 4.65. The van der Waals surface area contributed by atoms with Crippen LogP contribution in [-0.4, -0.2) is 41.7 Å². The summed E-state index contributed by atoms with van der Waals surface area (Å²) in [7, 11) is 0. The van der Waals surface area contributed by atoms with Crippen LogP contribution in [0.25, 0.3) is 0 Å². The quantitative estimate of drug-likeness (QED) is 0.841. The van der Waals surface area contributed by atoms with Crippen molar-refractivity contribution in [1.29, 1.82) is 0 Å². The maximum absolute atomic E-state index is 13.1. The maximum atomic E-state index is 13.1. The predicted molar refractivity (Wildman–Crippen MR) is 93.6 cm³/mol. The van der Waals surface area contributed by atoms with Gasteiger partial charge in [0.25, 0.3) is 5.91 Å². The van der Waals surface area contributed by atoms with Crippen LogP contribution in [0.15, 0.2) is 42.7 Å². The van der Waals surface area contributed by atoms with Gasteiger partial charge in [0.1, 0.15) is 5.75 Å². The van der Waals surface area contributed by atoms with E-state index < -0.39 is 0 Å². The molecule has 2 aliphatic heterocycles. The van der Waals surface area contributed by atoms with E-state index in [1.807, 2.05) is 41.4 Å². The summed E-state index contributed by atoms with van der Waals surface area (Å²) in [5, 5.41) is 0. The zero-order valence-corrected chi connectivity index (χ0v) is 14.2. The zero-order valence-electron chi connectivity index (χ0n) is 14.2. The number of benzene rings is 1. The lowest BCUT2D eigenvalue weighted by Crippen LogP contribution is -2.37. The highest BCUT2D eigenvalue weighted by molar-refractivity contribution is 5.94. The van der Waals surface area contributed by atoms with Crippen molar-refractivity contribution in [2.24, 2.45) is 0 Å². The summed E-state index contributed by atoms with van der Waals surface area (Å²) in [6.45, 7) is 2.64. The minimum Gasteiger partial charge on any atom is -0.493 e. The highest BCUT2D eigenvalue weighted by atomic mass is 16.5. The Labute approximate surface area is 147 Å². The van der Waals surface area contributed by atoms with Gasteiger partial charge in [-0.25, -0.2) is 0 Å². The molecule has 0 radical (unpaired) electrons. The number of amides is 1. The molecule has 5 nitrogen and oxygen atoms in total. The van der Waals surface area contributed by atoms with E-state index in [9.17, 15) is 4.79 Å². The first-order valence-electron chi connectivity index (χ1n) is 8.85. The normalized spacial score (nSPS) is 18.6. The molecule has 1 saturated heterocycles. The Morgan fingerprint density at radius 2 is 2.24 bits per heavy atom. The summed E-state index contributed by atoms with van der Waals surface area (Å²) in [6, 6.07) is 9.63. The molecule has 1 fully saturated rings. The van der Waals surface area contributed by atoms with Crippen molar-refractivity contribution in [3.63, 3.8) is 0 Å². The molecule has 0 unspecified atom stereocenters. The van der Waals surface area contributed by atoms with Crippen LogP contribution in [0.3, 0.4) is 0 Å². The third-order valence-corrected chi connectivity index (χ3v) is 4.77. The number of nitrogens with zero attached hydrogens (tertiary/aromatic N) is 2. The van der Waals surface area contributed by atoms with Gasteiger partial charge in [-0.15, -0.1) is 0 Å². The van der Waals surface area contributed by atoms with Crippen molar-refractivity contribution >= 4 is 5.91 Å². The molecular weight excluding hydrogens is 316 g/mol. The SMILES string of the molecule is O=C(c1ccc2c(c1)CCO2)N(Cc1cccnc1)C[C@H]1CCCO1. The van der Waals surface area contributed by atoms with E-state index in [1.165, 1.54) is 0 Å². The molecule has 4 rings (SSSR count). The van der Waals surface area contributed by atoms with Gasteiger partial charge in [0.15, 0.2) is 0 Å². The molecule has 0 N–H and O–H groups in total. The average molecular weight is 338 g/mol. The Balaban J connectivity index is 1.56. The second-order valence-corrected chi connectivity index (χ2v) is 6.60. The lowest BCUT2D eigenvalue weighted by molar-refractivity contribution is 0.0507. The van der Waals surface area contributed by atoms with Crippen LogP contribution in [0.4, 0.5) is 0 Å². The number of fused-ring (bicyclic) bond motifs is 1. The van der Waals surface area contributed by atoms with E-state index in [1.54, 1.807) is 6.20 Å². The van der Waals surface area contributed by atoms with Crippen LogP contribution in [0.5, 0.6) is 5.75 Å². The smallest absolute Gasteiger partial charge is 0.254 e. The number of aromatic nitrogens is 1. The highest BCUT2D eigenvalue weighted by Crippen LogP contribution is 2.27. The van der Waals surface area contributed by atoms with Gasteiger partial charge >= 0.3 is 0 Å². The molecule has 1 amide bonds. The van der Waals surface area contributed by atoms with E-state index in [-0.39, 0.29) is 12.0 Å². The Bertz CT molecular complexity index is 742. The summed E-state index contributed by atoms with van der Waals surface area (Å²) in [5.41, 5.74) is 2.86. The van der Waals surface area contributed by atoms with E-state index in [4.69, 9.17) is 9.47 Å². The molecule has 130 valence electrons. The first-order chi connectivity index (χ1) is 12.3. The minimum atomic E-state index is 0.0362. The fraction of sp³-hybridized carbons (Fsp3) is 0.400. The van der Waals surface area contributed by atoms with Crippen LogP contribution in [0.1, 0.15) is 34.3 Å². The van der Waals surface area contributed by atoms with E-state index in [0.717, 1.165) is 42.7 Å². The average Bonchev–Trinajstić information content (AvgIpc) is 3.32. The zero-order chi connectivity index (χ0) is 17.1. The number of pyridine rings is 1. The minimum absolute atomic E-state index is 0.0362. The van der Waals surface area contributed by atoms with Gasteiger partial charge in [0.2, 0.25) is 0 Å². The molecule has 1 atom stereocenters. The van der Waals surface area contributed by atoms with Gasteiger partial charge in [0.05, 0.1) is 12.7 Å². The Morgan fingerprint density at radius 1 is 1.28 bits per heavy atom. The van der Waals surface area contributed by atoms with Crippen LogP contribution < -0.4 is 4.74 Å². The van der Waals surface area contributed by atoms with Gasteiger partial charge < -0.3 is 14.4 Å². The van der Waals surface area contributed by atoms with Gasteiger partial charge in [0, 0.05) is 44.1 Å². The summed E-state index contributed by atoms with van der Waals surface area (Å²) < 4.78 is 11.3. The summed E-state index contributed by atoms with van der Waals surface area (Å²) >= 11 is 0. The molecule has 3 heterocycles. The van der Waals surface area contributed by atoms with Crippen molar-refractivity contribution in [1.82, 2.24) is 9.88 Å². The maximum Gasteiger partial charge on any atom is 0.254 e. The van der Waals surface area contributed by atoms with E-state index in [2.05, 4.69) is 4.98 Å². The molecule has 0 aliphatic carbocycles. The first-order valence-corrected chi connectivity index (χ1v) is 8.85. The predicted octanol–water partition coefficient (Wildman–Crippen LogP) is 2.84. The molecule has 2 aliphatic rings. The Morgan fingerprint density at radius 3 is 3.04 bits per heavy atom. The lowest BCUT2D eigenvalue weighted by Gasteiger charge is -2.26. The fourth-order valence-corrected chi connectivity index (χ4v) is 3.47. The van der Waals surface area contributed by atoms with E-state index >= 15 is 0 Å². The monoisotopic (exact) mass is 338 g/mol. The van der Waals surface area contributed by atoms with Crippen molar-refractivity contribution < 1.29 is 14.3 Å². The van der Waals surface area contributed by atoms with Crippen LogP contribution in [0.2, 0.25) is 0 Å².